The van der Waals surface area contributed by atoms with Crippen LogP contribution in [0.15, 0.2) is 24.3 Å². The van der Waals surface area contributed by atoms with E-state index in [9.17, 15) is 32.3 Å². The van der Waals surface area contributed by atoms with Crippen LogP contribution in [0.4, 0.5) is 28.7 Å². The summed E-state index contributed by atoms with van der Waals surface area (Å²) in [6.07, 6.45) is -5.17. The third kappa shape index (κ3) is 6.11. The van der Waals surface area contributed by atoms with Gasteiger partial charge < -0.3 is 15.8 Å². The number of urea groups is 1. The summed E-state index contributed by atoms with van der Waals surface area (Å²) < 4.78 is 40.2. The number of anilines is 2. The van der Waals surface area contributed by atoms with Crippen molar-refractivity contribution in [2.75, 3.05) is 23.7 Å². The van der Waals surface area contributed by atoms with Gasteiger partial charge in [0.05, 0.1) is 12.0 Å². The van der Waals surface area contributed by atoms with Crippen LogP contribution >= 0.6 is 11.3 Å². The number of hydrogen-bond donors (Lipinski definition) is 3. The van der Waals surface area contributed by atoms with Crippen molar-refractivity contribution < 1.29 is 37.1 Å². The minimum absolute atomic E-state index is 0.272. The molecule has 4 N–H and O–H groups in total. The average Bonchev–Trinajstić information content (AvgIpc) is 3.11. The van der Waals surface area contributed by atoms with Crippen molar-refractivity contribution in [3.05, 3.63) is 45.8 Å². The molecule has 3 rings (SSSR count). The zero-order valence-electron chi connectivity index (χ0n) is 18.0. The third-order valence-electron chi connectivity index (χ3n) is 5.05. The summed E-state index contributed by atoms with van der Waals surface area (Å²) in [7, 11) is 0. The molecular formula is C21H21F3N4O5S. The molecule has 1 aliphatic rings. The molecule has 0 radical (unpaired) electrons. The first-order chi connectivity index (χ1) is 16.0. The van der Waals surface area contributed by atoms with Gasteiger partial charge in [0, 0.05) is 23.7 Å². The Labute approximate surface area is 196 Å². The van der Waals surface area contributed by atoms with E-state index in [1.54, 1.807) is 0 Å². The van der Waals surface area contributed by atoms with Crippen molar-refractivity contribution in [1.82, 2.24) is 4.90 Å². The smallest absolute Gasteiger partial charge is 0.386 e. The lowest BCUT2D eigenvalue weighted by atomic mass is 10.0. The van der Waals surface area contributed by atoms with Crippen LogP contribution in [0.2, 0.25) is 0 Å². The summed E-state index contributed by atoms with van der Waals surface area (Å²) in [6.45, 7) is 4.35. The summed E-state index contributed by atoms with van der Waals surface area (Å²) in [4.78, 5) is 49.9. The van der Waals surface area contributed by atoms with E-state index in [1.165, 1.54) is 35.6 Å². The van der Waals surface area contributed by atoms with Gasteiger partial charge in [0.2, 0.25) is 0 Å². The standard InChI is InChI=1S/C21H21F3N4O5S/c1-2-28-8-7-13-14(10-28)34-18(16(13)17(25)30)27-20(32)26-12-5-3-11(4-6-12)9-15(29)33-19(31)21(22,23)24/h3-6H,2,7-10H2,1H3,(H2,25,30)(H2,26,27,32). The van der Waals surface area contributed by atoms with Gasteiger partial charge in [-0.2, -0.15) is 13.2 Å². The lowest BCUT2D eigenvalue weighted by molar-refractivity contribution is -0.201. The zero-order chi connectivity index (χ0) is 25.0. The molecule has 13 heteroatoms. The number of thiophene rings is 1. The van der Waals surface area contributed by atoms with E-state index in [0.717, 1.165) is 23.5 Å². The Morgan fingerprint density at radius 2 is 1.82 bits per heavy atom. The number of halogens is 3. The monoisotopic (exact) mass is 498 g/mol. The maximum atomic E-state index is 12.5. The van der Waals surface area contributed by atoms with Crippen molar-refractivity contribution in [3.63, 3.8) is 0 Å². The number of primary amides is 1. The van der Waals surface area contributed by atoms with E-state index in [2.05, 4.69) is 20.3 Å². The Morgan fingerprint density at radius 3 is 2.41 bits per heavy atom. The van der Waals surface area contributed by atoms with Gasteiger partial charge >= 0.3 is 24.1 Å². The number of rotatable bonds is 6. The van der Waals surface area contributed by atoms with Crippen LogP contribution in [0.1, 0.15) is 33.3 Å². The predicted octanol–water partition coefficient (Wildman–Crippen LogP) is 3.04. The first-order valence-electron chi connectivity index (χ1n) is 10.1. The quantitative estimate of drug-likeness (QED) is 0.415. The number of fused-ring (bicyclic) bond motifs is 1. The van der Waals surface area contributed by atoms with Crippen molar-refractivity contribution >= 4 is 45.9 Å². The topological polar surface area (TPSA) is 131 Å². The Morgan fingerprint density at radius 1 is 1.15 bits per heavy atom. The van der Waals surface area contributed by atoms with Crippen LogP contribution in [0.3, 0.4) is 0 Å². The number of likely N-dealkylation sites (N-methyl/N-ethyl adjacent to an activating group) is 1. The number of amides is 3. The van der Waals surface area contributed by atoms with Gasteiger partial charge in [-0.25, -0.2) is 9.59 Å². The largest absolute Gasteiger partial charge is 0.491 e. The number of carbonyl (C=O) groups excluding carboxylic acids is 4. The van der Waals surface area contributed by atoms with Gasteiger partial charge in [-0.15, -0.1) is 11.3 Å². The fourth-order valence-corrected chi connectivity index (χ4v) is 4.70. The number of alkyl halides is 3. The van der Waals surface area contributed by atoms with E-state index in [1.807, 2.05) is 6.92 Å². The second-order valence-electron chi connectivity index (χ2n) is 7.40. The molecule has 0 spiro atoms. The normalized spacial score (nSPS) is 13.6. The van der Waals surface area contributed by atoms with Gasteiger partial charge in [-0.05, 0) is 36.2 Å². The Bertz CT molecular complexity index is 1110. The molecule has 0 bridgehead atoms. The van der Waals surface area contributed by atoms with Crippen LogP contribution in [0.25, 0.3) is 0 Å². The van der Waals surface area contributed by atoms with E-state index in [-0.39, 0.29) is 5.56 Å². The summed E-state index contributed by atoms with van der Waals surface area (Å²) in [5.41, 5.74) is 7.29. The van der Waals surface area contributed by atoms with Crippen LogP contribution < -0.4 is 16.4 Å². The molecule has 2 aromatic rings. The summed E-state index contributed by atoms with van der Waals surface area (Å²) in [5.74, 6) is -4.57. The predicted molar refractivity (Wildman–Crippen MR) is 117 cm³/mol. The Hall–Kier alpha value is -3.45. The number of nitrogens with zero attached hydrogens (tertiary/aromatic N) is 1. The lowest BCUT2D eigenvalue weighted by Crippen LogP contribution is -2.30. The minimum atomic E-state index is -5.26. The van der Waals surface area contributed by atoms with E-state index < -0.39 is 36.5 Å². The molecule has 1 aromatic carbocycles. The highest BCUT2D eigenvalue weighted by Crippen LogP contribution is 2.37. The number of hydrogen-bond acceptors (Lipinski definition) is 7. The minimum Gasteiger partial charge on any atom is -0.386 e. The summed E-state index contributed by atoms with van der Waals surface area (Å²) in [5, 5.41) is 5.56. The molecule has 3 amide bonds. The van der Waals surface area contributed by atoms with Crippen molar-refractivity contribution in [1.29, 1.82) is 0 Å². The van der Waals surface area contributed by atoms with Crippen molar-refractivity contribution in [3.8, 4) is 0 Å². The first-order valence-corrected chi connectivity index (χ1v) is 10.9. The number of benzene rings is 1. The molecule has 0 atom stereocenters. The fourth-order valence-electron chi connectivity index (χ4n) is 3.41. The van der Waals surface area contributed by atoms with Crippen LogP contribution in [-0.2, 0) is 33.7 Å². The molecule has 1 aromatic heterocycles. The molecule has 2 heterocycles. The van der Waals surface area contributed by atoms with E-state index >= 15 is 0 Å². The molecule has 0 fully saturated rings. The molecule has 0 saturated carbocycles. The van der Waals surface area contributed by atoms with Crippen LogP contribution in [-0.4, -0.2) is 48.0 Å². The van der Waals surface area contributed by atoms with Gasteiger partial charge in [-0.3, -0.25) is 19.8 Å². The maximum Gasteiger partial charge on any atom is 0.491 e. The molecule has 0 saturated heterocycles. The molecule has 9 nitrogen and oxygen atoms in total. The molecule has 182 valence electrons. The highest BCUT2D eigenvalue weighted by Gasteiger charge is 2.42. The highest BCUT2D eigenvalue weighted by atomic mass is 32.1. The van der Waals surface area contributed by atoms with E-state index in [0.29, 0.717) is 29.2 Å². The fraction of sp³-hybridized carbons (Fsp3) is 0.333. The van der Waals surface area contributed by atoms with Crippen LogP contribution in [0.5, 0.6) is 0 Å². The second kappa shape index (κ2) is 10.2. The number of esters is 2. The average molecular weight is 498 g/mol. The third-order valence-corrected chi connectivity index (χ3v) is 6.19. The molecule has 34 heavy (non-hydrogen) atoms. The van der Waals surface area contributed by atoms with Gasteiger partial charge in [0.15, 0.2) is 0 Å². The first kappa shape index (κ1) is 25.2. The summed E-state index contributed by atoms with van der Waals surface area (Å²) >= 11 is 1.29. The molecular weight excluding hydrogens is 477 g/mol. The van der Waals surface area contributed by atoms with Crippen LogP contribution in [0, 0.1) is 0 Å². The van der Waals surface area contributed by atoms with Gasteiger partial charge in [0.1, 0.15) is 5.00 Å². The SMILES string of the molecule is CCN1CCc2c(sc(NC(=O)Nc3ccc(CC(=O)OC(=O)C(F)(F)F)cc3)c2C(N)=O)C1. The molecule has 0 unspecified atom stereocenters. The van der Waals surface area contributed by atoms with E-state index in [4.69, 9.17) is 5.73 Å². The summed E-state index contributed by atoms with van der Waals surface area (Å²) in [6, 6.07) is 4.97. The number of ether oxygens (including phenoxy) is 1. The number of carbonyl (C=O) groups is 4. The zero-order valence-corrected chi connectivity index (χ0v) is 18.8. The molecule has 0 aliphatic carbocycles. The second-order valence-corrected chi connectivity index (χ2v) is 8.51. The maximum absolute atomic E-state index is 12.5. The van der Waals surface area contributed by atoms with Crippen molar-refractivity contribution in [2.24, 2.45) is 5.73 Å². The van der Waals surface area contributed by atoms with Gasteiger partial charge in [-0.1, -0.05) is 19.1 Å². The Kier molecular flexibility index (Phi) is 7.57. The van der Waals surface area contributed by atoms with Crippen molar-refractivity contribution in [2.45, 2.75) is 32.5 Å². The molecule has 1 aliphatic heterocycles. The number of nitrogens with one attached hydrogen (secondary N) is 2. The lowest BCUT2D eigenvalue weighted by Gasteiger charge is -2.25. The highest BCUT2D eigenvalue weighted by molar-refractivity contribution is 7.17. The van der Waals surface area contributed by atoms with Gasteiger partial charge in [0.25, 0.3) is 5.91 Å². The Balaban J connectivity index is 1.62. The number of nitrogens with two attached hydrogens (primary N) is 1.